The van der Waals surface area contributed by atoms with Gasteiger partial charge in [-0.3, -0.25) is 5.10 Å². The second-order valence-electron chi connectivity index (χ2n) is 5.25. The molecule has 1 aromatic carbocycles. The number of rotatable bonds is 1. The molecular weight excluding hydrogens is 198 g/mol. The third kappa shape index (κ3) is 1.56. The van der Waals surface area contributed by atoms with Crippen LogP contribution in [0.2, 0.25) is 0 Å². The van der Waals surface area contributed by atoms with Crippen molar-refractivity contribution in [1.82, 2.24) is 10.2 Å². The maximum absolute atomic E-state index is 4.29. The molecule has 0 aliphatic carbocycles. The summed E-state index contributed by atoms with van der Waals surface area (Å²) in [6, 6.07) is 4.24. The minimum absolute atomic E-state index is 0.124. The molecule has 0 unspecified atom stereocenters. The molecule has 0 aliphatic rings. The molecule has 2 N–H and O–H groups in total. The molecule has 0 radical (unpaired) electrons. The van der Waals surface area contributed by atoms with E-state index in [9.17, 15) is 0 Å². The smallest absolute Gasteiger partial charge is 0.155 e. The van der Waals surface area contributed by atoms with Gasteiger partial charge in [-0.2, -0.15) is 5.10 Å². The summed E-state index contributed by atoms with van der Waals surface area (Å²) in [6.45, 7) is 8.87. The molecule has 0 spiro atoms. The predicted octanol–water partition coefficient (Wildman–Crippen LogP) is 3.21. The Labute approximate surface area is 96.2 Å². The largest absolute Gasteiger partial charge is 0.371 e. The number of aryl methyl sites for hydroxylation is 1. The van der Waals surface area contributed by atoms with E-state index in [2.05, 4.69) is 55.3 Å². The van der Waals surface area contributed by atoms with Crippen LogP contribution < -0.4 is 5.32 Å². The molecule has 0 bridgehead atoms. The molecule has 1 aromatic heterocycles. The number of hydrogen-bond donors (Lipinski definition) is 2. The number of fused-ring (bicyclic) bond motifs is 1. The molecule has 2 aromatic rings. The maximum Gasteiger partial charge on any atom is 0.155 e. The van der Waals surface area contributed by atoms with Gasteiger partial charge < -0.3 is 5.32 Å². The Morgan fingerprint density at radius 1 is 1.25 bits per heavy atom. The molecule has 86 valence electrons. The van der Waals surface area contributed by atoms with E-state index in [1.807, 2.05) is 7.05 Å². The van der Waals surface area contributed by atoms with Gasteiger partial charge in [0.2, 0.25) is 0 Å². The highest BCUT2D eigenvalue weighted by atomic mass is 15.2. The van der Waals surface area contributed by atoms with Crippen molar-refractivity contribution in [2.75, 3.05) is 12.4 Å². The van der Waals surface area contributed by atoms with Crippen molar-refractivity contribution in [3.8, 4) is 0 Å². The molecule has 1 heterocycles. The van der Waals surface area contributed by atoms with Crippen molar-refractivity contribution in [2.24, 2.45) is 0 Å². The Bertz CT molecular complexity index is 518. The number of hydrogen-bond acceptors (Lipinski definition) is 2. The van der Waals surface area contributed by atoms with Crippen LogP contribution in [0.3, 0.4) is 0 Å². The van der Waals surface area contributed by atoms with Gasteiger partial charge in [0.25, 0.3) is 0 Å². The first-order valence-corrected chi connectivity index (χ1v) is 5.61. The van der Waals surface area contributed by atoms with Crippen LogP contribution in [0.4, 0.5) is 5.82 Å². The second-order valence-corrected chi connectivity index (χ2v) is 5.25. The van der Waals surface area contributed by atoms with Crippen molar-refractivity contribution in [3.63, 3.8) is 0 Å². The van der Waals surface area contributed by atoms with Crippen molar-refractivity contribution in [3.05, 3.63) is 23.3 Å². The van der Waals surface area contributed by atoms with E-state index in [1.165, 1.54) is 16.5 Å². The molecule has 16 heavy (non-hydrogen) atoms. The normalized spacial score (nSPS) is 12.1. The van der Waals surface area contributed by atoms with Crippen LogP contribution in [0.25, 0.3) is 10.9 Å². The Kier molecular flexibility index (Phi) is 2.41. The van der Waals surface area contributed by atoms with Gasteiger partial charge in [0, 0.05) is 12.4 Å². The molecule has 0 atom stereocenters. The lowest BCUT2D eigenvalue weighted by atomic mass is 9.82. The van der Waals surface area contributed by atoms with Crippen molar-refractivity contribution in [1.29, 1.82) is 0 Å². The van der Waals surface area contributed by atoms with Gasteiger partial charge in [-0.1, -0.05) is 26.8 Å². The quantitative estimate of drug-likeness (QED) is 0.770. The molecule has 0 fully saturated rings. The van der Waals surface area contributed by atoms with Crippen LogP contribution >= 0.6 is 0 Å². The lowest BCUT2D eigenvalue weighted by molar-refractivity contribution is 0.592. The van der Waals surface area contributed by atoms with Crippen LogP contribution in [0.1, 0.15) is 31.9 Å². The van der Waals surface area contributed by atoms with Gasteiger partial charge in [-0.15, -0.1) is 0 Å². The zero-order valence-corrected chi connectivity index (χ0v) is 10.6. The van der Waals surface area contributed by atoms with Crippen LogP contribution in [0.15, 0.2) is 12.1 Å². The fourth-order valence-electron chi connectivity index (χ4n) is 2.37. The SMILES string of the molecule is CNc1n[nH]c2ccc(C)c(C(C)(C)C)c12. The standard InChI is InChI=1S/C13H19N3/c1-8-6-7-9-10(11(8)13(2,3)4)12(14-5)16-15-9/h6-7H,1-5H3,(H2,14,15,16). The van der Waals surface area contributed by atoms with Crippen LogP contribution in [0, 0.1) is 6.92 Å². The van der Waals surface area contributed by atoms with E-state index in [0.29, 0.717) is 0 Å². The fourth-order valence-corrected chi connectivity index (χ4v) is 2.37. The van der Waals surface area contributed by atoms with E-state index >= 15 is 0 Å². The summed E-state index contributed by atoms with van der Waals surface area (Å²) in [5.74, 6) is 0.934. The summed E-state index contributed by atoms with van der Waals surface area (Å²) in [5, 5.41) is 11.7. The minimum atomic E-state index is 0.124. The molecular formula is C13H19N3. The highest BCUT2D eigenvalue weighted by molar-refractivity contribution is 5.94. The third-order valence-corrected chi connectivity index (χ3v) is 2.93. The number of nitrogens with one attached hydrogen (secondary N) is 2. The summed E-state index contributed by atoms with van der Waals surface area (Å²) >= 11 is 0. The summed E-state index contributed by atoms with van der Waals surface area (Å²) in [4.78, 5) is 0. The van der Waals surface area contributed by atoms with Crippen LogP contribution in [0.5, 0.6) is 0 Å². The number of nitrogens with zero attached hydrogens (tertiary/aromatic N) is 1. The van der Waals surface area contributed by atoms with Gasteiger partial charge in [-0.05, 0) is 29.5 Å². The Balaban J connectivity index is 2.87. The first kappa shape index (κ1) is 11.0. The molecule has 0 saturated carbocycles. The topological polar surface area (TPSA) is 40.7 Å². The molecule has 3 nitrogen and oxygen atoms in total. The lowest BCUT2D eigenvalue weighted by Crippen LogP contribution is -2.14. The maximum atomic E-state index is 4.29. The first-order chi connectivity index (χ1) is 7.45. The third-order valence-electron chi connectivity index (χ3n) is 2.93. The predicted molar refractivity (Wildman–Crippen MR) is 69.1 cm³/mol. The van der Waals surface area contributed by atoms with E-state index < -0.39 is 0 Å². The first-order valence-electron chi connectivity index (χ1n) is 5.61. The molecule has 0 aliphatic heterocycles. The average molecular weight is 217 g/mol. The summed E-state index contributed by atoms with van der Waals surface area (Å²) in [6.07, 6.45) is 0. The zero-order chi connectivity index (χ0) is 11.9. The van der Waals surface area contributed by atoms with E-state index in [0.717, 1.165) is 11.3 Å². The van der Waals surface area contributed by atoms with E-state index in [-0.39, 0.29) is 5.41 Å². The minimum Gasteiger partial charge on any atom is -0.371 e. The Morgan fingerprint density at radius 2 is 1.94 bits per heavy atom. The van der Waals surface area contributed by atoms with Gasteiger partial charge in [0.05, 0.1) is 5.52 Å². The van der Waals surface area contributed by atoms with Crippen LogP contribution in [-0.2, 0) is 5.41 Å². The van der Waals surface area contributed by atoms with Gasteiger partial charge in [0.1, 0.15) is 0 Å². The van der Waals surface area contributed by atoms with Crippen LogP contribution in [-0.4, -0.2) is 17.2 Å². The number of anilines is 1. The summed E-state index contributed by atoms with van der Waals surface area (Å²) in [7, 11) is 1.91. The van der Waals surface area contributed by atoms with Crippen molar-refractivity contribution in [2.45, 2.75) is 33.1 Å². The highest BCUT2D eigenvalue weighted by Crippen LogP contribution is 2.35. The average Bonchev–Trinajstić information content (AvgIpc) is 2.58. The molecule has 2 rings (SSSR count). The number of aromatic amines is 1. The Morgan fingerprint density at radius 3 is 2.50 bits per heavy atom. The monoisotopic (exact) mass is 217 g/mol. The van der Waals surface area contributed by atoms with Crippen molar-refractivity contribution < 1.29 is 0 Å². The van der Waals surface area contributed by atoms with E-state index in [4.69, 9.17) is 0 Å². The highest BCUT2D eigenvalue weighted by Gasteiger charge is 2.22. The molecule has 0 amide bonds. The summed E-state index contributed by atoms with van der Waals surface area (Å²) in [5.41, 5.74) is 3.90. The number of benzene rings is 1. The van der Waals surface area contributed by atoms with Gasteiger partial charge in [0.15, 0.2) is 5.82 Å². The van der Waals surface area contributed by atoms with Gasteiger partial charge >= 0.3 is 0 Å². The summed E-state index contributed by atoms with van der Waals surface area (Å²) < 4.78 is 0. The van der Waals surface area contributed by atoms with E-state index in [1.54, 1.807) is 0 Å². The zero-order valence-electron chi connectivity index (χ0n) is 10.6. The number of H-pyrrole nitrogens is 1. The van der Waals surface area contributed by atoms with Crippen molar-refractivity contribution >= 4 is 16.7 Å². The second kappa shape index (κ2) is 3.51. The van der Waals surface area contributed by atoms with Gasteiger partial charge in [-0.25, -0.2) is 0 Å². The number of aromatic nitrogens is 2. The lowest BCUT2D eigenvalue weighted by Gasteiger charge is -2.23. The molecule has 3 heteroatoms. The molecule has 0 saturated heterocycles. The Hall–Kier alpha value is -1.51. The fraction of sp³-hybridized carbons (Fsp3) is 0.462.